The predicted molar refractivity (Wildman–Crippen MR) is 87.4 cm³/mol. The van der Waals surface area contributed by atoms with Gasteiger partial charge in [0.1, 0.15) is 11.3 Å². The Hall–Kier alpha value is -2.30. The van der Waals surface area contributed by atoms with E-state index in [-0.39, 0.29) is 18.3 Å². The summed E-state index contributed by atoms with van der Waals surface area (Å²) in [6.07, 6.45) is 5.08. The SMILES string of the molecule is CCOC(=O)c1oc2ccccc2c1NC(=O)CC1CCCC1. The molecule has 1 aliphatic rings. The first-order valence-electron chi connectivity index (χ1n) is 8.17. The zero-order chi connectivity index (χ0) is 16.2. The van der Waals surface area contributed by atoms with Crippen LogP contribution >= 0.6 is 0 Å². The molecule has 0 atom stereocenters. The van der Waals surface area contributed by atoms with Crippen LogP contribution in [0, 0.1) is 5.92 Å². The minimum atomic E-state index is -0.556. The van der Waals surface area contributed by atoms with Crippen LogP contribution in [0.25, 0.3) is 11.0 Å². The molecule has 1 N–H and O–H groups in total. The molecule has 1 saturated carbocycles. The van der Waals surface area contributed by atoms with E-state index in [0.717, 1.165) is 18.2 Å². The Kier molecular flexibility index (Phi) is 4.65. The molecule has 0 bridgehead atoms. The number of carbonyl (C=O) groups excluding carboxylic acids is 2. The standard InChI is InChI=1S/C18H21NO4/c1-2-22-18(21)17-16(13-9-5-6-10-14(13)23-17)19-15(20)11-12-7-3-4-8-12/h5-6,9-10,12H,2-4,7-8,11H2,1H3,(H,19,20). The van der Waals surface area contributed by atoms with Crippen LogP contribution in [0.15, 0.2) is 28.7 Å². The second-order valence-electron chi connectivity index (χ2n) is 5.93. The molecule has 1 fully saturated rings. The highest BCUT2D eigenvalue weighted by molar-refractivity contribution is 6.09. The van der Waals surface area contributed by atoms with Gasteiger partial charge in [-0.2, -0.15) is 0 Å². The van der Waals surface area contributed by atoms with Gasteiger partial charge in [-0.3, -0.25) is 4.79 Å². The van der Waals surface area contributed by atoms with Gasteiger partial charge in [-0.05, 0) is 37.8 Å². The molecule has 0 unspecified atom stereocenters. The number of furan rings is 1. The number of amides is 1. The Morgan fingerprint density at radius 1 is 1.26 bits per heavy atom. The number of para-hydroxylation sites is 1. The van der Waals surface area contributed by atoms with Crippen LogP contribution in [0.3, 0.4) is 0 Å². The van der Waals surface area contributed by atoms with Gasteiger partial charge in [0.05, 0.1) is 6.61 Å². The third kappa shape index (κ3) is 3.38. The topological polar surface area (TPSA) is 68.5 Å². The van der Waals surface area contributed by atoms with E-state index in [1.807, 2.05) is 18.2 Å². The lowest BCUT2D eigenvalue weighted by Gasteiger charge is -2.09. The van der Waals surface area contributed by atoms with Gasteiger partial charge in [-0.25, -0.2) is 4.79 Å². The number of anilines is 1. The molecular weight excluding hydrogens is 294 g/mol. The van der Waals surface area contributed by atoms with Crippen LogP contribution in [0.5, 0.6) is 0 Å². The highest BCUT2D eigenvalue weighted by Gasteiger charge is 2.25. The zero-order valence-corrected chi connectivity index (χ0v) is 13.3. The van der Waals surface area contributed by atoms with Crippen molar-refractivity contribution in [3.8, 4) is 0 Å². The molecule has 0 saturated heterocycles. The molecular formula is C18H21NO4. The minimum Gasteiger partial charge on any atom is -0.460 e. The lowest BCUT2D eigenvalue weighted by Crippen LogP contribution is -2.17. The Bertz CT molecular complexity index is 713. The molecule has 5 nitrogen and oxygen atoms in total. The summed E-state index contributed by atoms with van der Waals surface area (Å²) in [5, 5.41) is 3.58. The van der Waals surface area contributed by atoms with Crippen molar-refractivity contribution in [3.05, 3.63) is 30.0 Å². The van der Waals surface area contributed by atoms with E-state index in [0.29, 0.717) is 23.6 Å². The summed E-state index contributed by atoms with van der Waals surface area (Å²) in [5.74, 6) is -0.124. The summed E-state index contributed by atoms with van der Waals surface area (Å²) >= 11 is 0. The maximum absolute atomic E-state index is 12.3. The fraction of sp³-hybridized carbons (Fsp3) is 0.444. The van der Waals surface area contributed by atoms with Gasteiger partial charge in [-0.1, -0.05) is 25.0 Å². The van der Waals surface area contributed by atoms with E-state index in [4.69, 9.17) is 9.15 Å². The van der Waals surface area contributed by atoms with E-state index in [2.05, 4.69) is 5.32 Å². The number of carbonyl (C=O) groups is 2. The molecule has 5 heteroatoms. The van der Waals surface area contributed by atoms with Gasteiger partial charge in [0.25, 0.3) is 0 Å². The number of hydrogen-bond acceptors (Lipinski definition) is 4. The third-order valence-electron chi connectivity index (χ3n) is 4.27. The third-order valence-corrected chi connectivity index (χ3v) is 4.27. The lowest BCUT2D eigenvalue weighted by atomic mass is 10.0. The predicted octanol–water partition coefficient (Wildman–Crippen LogP) is 4.13. The molecule has 122 valence electrons. The second kappa shape index (κ2) is 6.86. The number of fused-ring (bicyclic) bond motifs is 1. The molecule has 0 radical (unpaired) electrons. The number of ether oxygens (including phenoxy) is 1. The van der Waals surface area contributed by atoms with Crippen molar-refractivity contribution in [3.63, 3.8) is 0 Å². The molecule has 1 amide bonds. The summed E-state index contributed by atoms with van der Waals surface area (Å²) in [7, 11) is 0. The maximum atomic E-state index is 12.3. The Morgan fingerprint density at radius 3 is 2.74 bits per heavy atom. The van der Waals surface area contributed by atoms with Crippen molar-refractivity contribution >= 4 is 28.5 Å². The van der Waals surface area contributed by atoms with Gasteiger partial charge in [-0.15, -0.1) is 0 Å². The van der Waals surface area contributed by atoms with Crippen molar-refractivity contribution in [2.75, 3.05) is 11.9 Å². The Labute approximate surface area is 135 Å². The van der Waals surface area contributed by atoms with E-state index in [1.54, 1.807) is 13.0 Å². The number of esters is 1. The van der Waals surface area contributed by atoms with Crippen LogP contribution in [0.1, 0.15) is 49.6 Å². The highest BCUT2D eigenvalue weighted by Crippen LogP contribution is 2.33. The first-order chi connectivity index (χ1) is 11.2. The van der Waals surface area contributed by atoms with Crippen LogP contribution in [0.4, 0.5) is 5.69 Å². The first-order valence-corrected chi connectivity index (χ1v) is 8.17. The Morgan fingerprint density at radius 2 is 2.00 bits per heavy atom. The quantitative estimate of drug-likeness (QED) is 0.842. The van der Waals surface area contributed by atoms with Gasteiger partial charge >= 0.3 is 5.97 Å². The normalized spacial score (nSPS) is 15.0. The van der Waals surface area contributed by atoms with Crippen molar-refractivity contribution in [1.82, 2.24) is 0 Å². The zero-order valence-electron chi connectivity index (χ0n) is 13.3. The van der Waals surface area contributed by atoms with Crippen molar-refractivity contribution in [2.45, 2.75) is 39.0 Å². The van der Waals surface area contributed by atoms with Gasteiger partial charge in [0.2, 0.25) is 11.7 Å². The molecule has 23 heavy (non-hydrogen) atoms. The van der Waals surface area contributed by atoms with E-state index >= 15 is 0 Å². The molecule has 1 aromatic heterocycles. The maximum Gasteiger partial charge on any atom is 0.376 e. The minimum absolute atomic E-state index is 0.0628. The fourth-order valence-corrected chi connectivity index (χ4v) is 3.18. The molecule has 3 rings (SSSR count). The van der Waals surface area contributed by atoms with Crippen molar-refractivity contribution in [2.24, 2.45) is 5.92 Å². The number of hydrogen-bond donors (Lipinski definition) is 1. The summed E-state index contributed by atoms with van der Waals surface area (Å²) in [6, 6.07) is 7.27. The van der Waals surface area contributed by atoms with Crippen LogP contribution in [-0.4, -0.2) is 18.5 Å². The largest absolute Gasteiger partial charge is 0.460 e. The summed E-state index contributed by atoms with van der Waals surface area (Å²) in [4.78, 5) is 24.4. The lowest BCUT2D eigenvalue weighted by molar-refractivity contribution is -0.117. The van der Waals surface area contributed by atoms with Crippen molar-refractivity contribution in [1.29, 1.82) is 0 Å². The van der Waals surface area contributed by atoms with Gasteiger partial charge < -0.3 is 14.5 Å². The Balaban J connectivity index is 1.86. The number of rotatable bonds is 5. The van der Waals surface area contributed by atoms with Crippen LogP contribution in [-0.2, 0) is 9.53 Å². The van der Waals surface area contributed by atoms with E-state index in [1.165, 1.54) is 12.8 Å². The first kappa shape index (κ1) is 15.6. The molecule has 1 heterocycles. The fourth-order valence-electron chi connectivity index (χ4n) is 3.18. The molecule has 0 aliphatic heterocycles. The van der Waals surface area contributed by atoms with E-state index < -0.39 is 5.97 Å². The molecule has 0 spiro atoms. The van der Waals surface area contributed by atoms with Crippen molar-refractivity contribution < 1.29 is 18.7 Å². The number of nitrogens with one attached hydrogen (secondary N) is 1. The molecule has 1 aliphatic carbocycles. The smallest absolute Gasteiger partial charge is 0.376 e. The highest BCUT2D eigenvalue weighted by atomic mass is 16.5. The second-order valence-corrected chi connectivity index (χ2v) is 5.93. The summed E-state index contributed by atoms with van der Waals surface area (Å²) in [6.45, 7) is 1.99. The molecule has 1 aromatic carbocycles. The van der Waals surface area contributed by atoms with Crippen LogP contribution < -0.4 is 5.32 Å². The van der Waals surface area contributed by atoms with Gasteiger partial charge in [0.15, 0.2) is 0 Å². The van der Waals surface area contributed by atoms with E-state index in [9.17, 15) is 9.59 Å². The van der Waals surface area contributed by atoms with Gasteiger partial charge in [0, 0.05) is 11.8 Å². The number of benzene rings is 1. The summed E-state index contributed by atoms with van der Waals surface area (Å²) in [5.41, 5.74) is 0.980. The monoisotopic (exact) mass is 315 g/mol. The summed E-state index contributed by atoms with van der Waals surface area (Å²) < 4.78 is 10.6. The molecule has 2 aromatic rings. The average molecular weight is 315 g/mol. The van der Waals surface area contributed by atoms with Crippen LogP contribution in [0.2, 0.25) is 0 Å². The average Bonchev–Trinajstić information content (AvgIpc) is 3.16.